The number of hydrogen-bond donors (Lipinski definition) is 0. The standard InChI is InChI=1S/C14H7F6N3/c15-13(16,17)9-3-1-8(2-4-9)10-5-6-23-12(21-10)7-11(22-23)14(18,19)20/h1-7H. The highest BCUT2D eigenvalue weighted by molar-refractivity contribution is 5.62. The highest BCUT2D eigenvalue weighted by Crippen LogP contribution is 2.31. The molecule has 120 valence electrons. The van der Waals surface area contributed by atoms with Crippen LogP contribution < -0.4 is 0 Å². The Kier molecular flexibility index (Phi) is 3.31. The summed E-state index contributed by atoms with van der Waals surface area (Å²) < 4.78 is 76.3. The molecule has 0 spiro atoms. The van der Waals surface area contributed by atoms with Gasteiger partial charge in [0.25, 0.3) is 0 Å². The molecular formula is C14H7F6N3. The van der Waals surface area contributed by atoms with Crippen LogP contribution in [0.3, 0.4) is 0 Å². The Balaban J connectivity index is 2.00. The largest absolute Gasteiger partial charge is 0.435 e. The van der Waals surface area contributed by atoms with Crippen LogP contribution in [0.15, 0.2) is 42.6 Å². The first-order chi connectivity index (χ1) is 10.6. The summed E-state index contributed by atoms with van der Waals surface area (Å²) in [7, 11) is 0. The van der Waals surface area contributed by atoms with E-state index in [4.69, 9.17) is 0 Å². The lowest BCUT2D eigenvalue weighted by atomic mass is 10.1. The van der Waals surface area contributed by atoms with Crippen molar-refractivity contribution in [3.63, 3.8) is 0 Å². The van der Waals surface area contributed by atoms with E-state index >= 15 is 0 Å². The molecule has 0 atom stereocenters. The van der Waals surface area contributed by atoms with Gasteiger partial charge in [-0.1, -0.05) is 12.1 Å². The van der Waals surface area contributed by atoms with E-state index in [1.807, 2.05) is 0 Å². The molecule has 3 nitrogen and oxygen atoms in total. The summed E-state index contributed by atoms with van der Waals surface area (Å²) in [6.07, 6.45) is -7.78. The Labute approximate surface area is 125 Å². The number of halogens is 6. The van der Waals surface area contributed by atoms with Gasteiger partial charge in [-0.2, -0.15) is 31.4 Å². The highest BCUT2D eigenvalue weighted by Gasteiger charge is 2.34. The Morgan fingerprint density at radius 2 is 1.48 bits per heavy atom. The number of fused-ring (bicyclic) bond motifs is 1. The molecule has 1 aromatic carbocycles. The molecule has 0 aliphatic carbocycles. The summed E-state index contributed by atoms with van der Waals surface area (Å²) in [6, 6.07) is 6.35. The molecule has 0 fully saturated rings. The van der Waals surface area contributed by atoms with Gasteiger partial charge in [-0.05, 0) is 18.2 Å². The molecule has 0 amide bonds. The van der Waals surface area contributed by atoms with Crippen molar-refractivity contribution in [2.24, 2.45) is 0 Å². The minimum Gasteiger partial charge on any atom is -0.229 e. The van der Waals surface area contributed by atoms with Gasteiger partial charge in [-0.15, -0.1) is 0 Å². The molecule has 0 saturated carbocycles. The Morgan fingerprint density at radius 1 is 0.826 bits per heavy atom. The van der Waals surface area contributed by atoms with Gasteiger partial charge in [-0.3, -0.25) is 0 Å². The van der Waals surface area contributed by atoms with Crippen molar-refractivity contribution >= 4 is 5.65 Å². The van der Waals surface area contributed by atoms with Crippen LogP contribution in [0, 0.1) is 0 Å². The van der Waals surface area contributed by atoms with Crippen LogP contribution in [0.25, 0.3) is 16.9 Å². The zero-order valence-electron chi connectivity index (χ0n) is 11.2. The fourth-order valence-corrected chi connectivity index (χ4v) is 2.01. The molecule has 23 heavy (non-hydrogen) atoms. The monoisotopic (exact) mass is 331 g/mol. The molecule has 2 aromatic heterocycles. The van der Waals surface area contributed by atoms with Gasteiger partial charge in [0.05, 0.1) is 11.3 Å². The minimum atomic E-state index is -4.60. The summed E-state index contributed by atoms with van der Waals surface area (Å²) in [5.74, 6) is 0. The second-order valence-electron chi connectivity index (χ2n) is 4.72. The first kappa shape index (κ1) is 15.3. The first-order valence-electron chi connectivity index (χ1n) is 6.26. The van der Waals surface area contributed by atoms with Gasteiger partial charge in [0.1, 0.15) is 0 Å². The Morgan fingerprint density at radius 3 is 2.04 bits per heavy atom. The molecule has 0 bridgehead atoms. The summed E-state index contributed by atoms with van der Waals surface area (Å²) in [5.41, 5.74) is -1.34. The highest BCUT2D eigenvalue weighted by atomic mass is 19.4. The molecule has 0 N–H and O–H groups in total. The second kappa shape index (κ2) is 4.97. The maximum Gasteiger partial charge on any atom is 0.435 e. The van der Waals surface area contributed by atoms with Crippen LogP contribution in [0.1, 0.15) is 11.3 Å². The van der Waals surface area contributed by atoms with Crippen molar-refractivity contribution in [2.45, 2.75) is 12.4 Å². The summed E-state index contributed by atoms with van der Waals surface area (Å²) in [6.45, 7) is 0. The average Bonchev–Trinajstić information content (AvgIpc) is 2.89. The molecular weight excluding hydrogens is 324 g/mol. The lowest BCUT2D eigenvalue weighted by Gasteiger charge is -2.07. The van der Waals surface area contributed by atoms with E-state index < -0.39 is 23.6 Å². The quantitative estimate of drug-likeness (QED) is 0.617. The van der Waals surface area contributed by atoms with E-state index in [-0.39, 0.29) is 11.3 Å². The van der Waals surface area contributed by atoms with Crippen molar-refractivity contribution in [3.05, 3.63) is 53.9 Å². The van der Waals surface area contributed by atoms with E-state index in [1.54, 1.807) is 0 Å². The first-order valence-corrected chi connectivity index (χ1v) is 6.26. The summed E-state index contributed by atoms with van der Waals surface area (Å²) >= 11 is 0. The third-order valence-electron chi connectivity index (χ3n) is 3.12. The lowest BCUT2D eigenvalue weighted by molar-refractivity contribution is -0.141. The van der Waals surface area contributed by atoms with E-state index in [1.165, 1.54) is 24.4 Å². The van der Waals surface area contributed by atoms with E-state index in [2.05, 4.69) is 10.1 Å². The van der Waals surface area contributed by atoms with Crippen LogP contribution >= 0.6 is 0 Å². The fourth-order valence-electron chi connectivity index (χ4n) is 2.01. The maximum absolute atomic E-state index is 12.6. The van der Waals surface area contributed by atoms with Crippen molar-refractivity contribution in [1.82, 2.24) is 14.6 Å². The minimum absolute atomic E-state index is 0.0466. The number of nitrogens with zero attached hydrogens (tertiary/aromatic N) is 3. The van der Waals surface area contributed by atoms with Gasteiger partial charge in [0, 0.05) is 17.8 Å². The number of aromatic nitrogens is 3. The smallest absolute Gasteiger partial charge is 0.229 e. The van der Waals surface area contributed by atoms with Crippen molar-refractivity contribution in [2.75, 3.05) is 0 Å². The average molecular weight is 331 g/mol. The molecule has 0 aliphatic heterocycles. The van der Waals surface area contributed by atoms with Crippen LogP contribution in [0.5, 0.6) is 0 Å². The second-order valence-corrected chi connectivity index (χ2v) is 4.72. The molecule has 0 unspecified atom stereocenters. The number of alkyl halides is 6. The number of hydrogen-bond acceptors (Lipinski definition) is 2. The molecule has 0 saturated heterocycles. The van der Waals surface area contributed by atoms with Gasteiger partial charge in [0.2, 0.25) is 0 Å². The van der Waals surface area contributed by atoms with Gasteiger partial charge < -0.3 is 0 Å². The van der Waals surface area contributed by atoms with Crippen LogP contribution in [-0.2, 0) is 12.4 Å². The van der Waals surface area contributed by atoms with Gasteiger partial charge in [0.15, 0.2) is 11.3 Å². The normalized spacial score (nSPS) is 12.8. The predicted molar refractivity (Wildman–Crippen MR) is 68.4 cm³/mol. The van der Waals surface area contributed by atoms with Crippen molar-refractivity contribution in [3.8, 4) is 11.3 Å². The molecule has 3 aromatic rings. The van der Waals surface area contributed by atoms with Crippen LogP contribution in [-0.4, -0.2) is 14.6 Å². The SMILES string of the molecule is FC(F)(F)c1ccc(-c2ccn3nc(C(F)(F)F)cc3n2)cc1. The lowest BCUT2D eigenvalue weighted by Crippen LogP contribution is -2.05. The third-order valence-corrected chi connectivity index (χ3v) is 3.12. The topological polar surface area (TPSA) is 30.2 Å². The number of benzene rings is 1. The van der Waals surface area contributed by atoms with Gasteiger partial charge in [-0.25, -0.2) is 9.50 Å². The molecule has 0 radical (unpaired) electrons. The number of rotatable bonds is 1. The van der Waals surface area contributed by atoms with E-state index in [0.29, 0.717) is 5.56 Å². The molecule has 3 rings (SSSR count). The van der Waals surface area contributed by atoms with Crippen molar-refractivity contribution < 1.29 is 26.3 Å². The van der Waals surface area contributed by atoms with Crippen molar-refractivity contribution in [1.29, 1.82) is 0 Å². The predicted octanol–water partition coefficient (Wildman–Crippen LogP) is 4.43. The maximum atomic E-state index is 12.6. The zero-order valence-corrected chi connectivity index (χ0v) is 11.2. The summed E-state index contributed by atoms with van der Waals surface area (Å²) in [4.78, 5) is 3.99. The fraction of sp³-hybridized carbons (Fsp3) is 0.143. The van der Waals surface area contributed by atoms with Gasteiger partial charge >= 0.3 is 12.4 Å². The van der Waals surface area contributed by atoms with E-state index in [9.17, 15) is 26.3 Å². The van der Waals surface area contributed by atoms with E-state index in [0.717, 1.165) is 22.7 Å². The zero-order chi connectivity index (χ0) is 16.8. The molecule has 2 heterocycles. The molecule has 0 aliphatic rings. The third kappa shape index (κ3) is 2.99. The Bertz CT molecular complexity index is 846. The van der Waals surface area contributed by atoms with Crippen LogP contribution in [0.2, 0.25) is 0 Å². The van der Waals surface area contributed by atoms with Crippen LogP contribution in [0.4, 0.5) is 26.3 Å². The molecule has 9 heteroatoms. The Hall–Kier alpha value is -2.58. The summed E-state index contributed by atoms with van der Waals surface area (Å²) in [5, 5.41) is 3.35.